The van der Waals surface area contributed by atoms with Crippen molar-refractivity contribution in [1.29, 1.82) is 0 Å². The molecule has 0 amide bonds. The van der Waals surface area contributed by atoms with Crippen molar-refractivity contribution in [3.63, 3.8) is 0 Å². The number of fused-ring (bicyclic) bond motifs is 1. The highest BCUT2D eigenvalue weighted by atomic mass is 79.9. The fraction of sp³-hybridized carbons (Fsp3) is 0.533. The first-order chi connectivity index (χ1) is 10.3. The lowest BCUT2D eigenvalue weighted by Crippen LogP contribution is -2.39. The van der Waals surface area contributed by atoms with Gasteiger partial charge in [0.2, 0.25) is 6.79 Å². The van der Waals surface area contributed by atoms with Crippen LogP contribution in [0, 0.1) is 0 Å². The molecule has 0 unspecified atom stereocenters. The lowest BCUT2D eigenvalue weighted by Gasteiger charge is -2.20. The maximum absolute atomic E-state index is 5.45. The molecule has 21 heavy (non-hydrogen) atoms. The van der Waals surface area contributed by atoms with Gasteiger partial charge in [-0.3, -0.25) is 0 Å². The minimum Gasteiger partial charge on any atom is -0.454 e. The Hall–Kier alpha value is -1.43. The number of halogens is 1. The van der Waals surface area contributed by atoms with E-state index in [9.17, 15) is 0 Å². The third-order valence-corrected chi connectivity index (χ3v) is 4.23. The Balaban J connectivity index is 1.75. The quantitative estimate of drug-likeness (QED) is 0.670. The van der Waals surface area contributed by atoms with Crippen molar-refractivity contribution in [1.82, 2.24) is 10.2 Å². The summed E-state index contributed by atoms with van der Waals surface area (Å²) in [4.78, 5) is 7.07. The maximum atomic E-state index is 5.45. The van der Waals surface area contributed by atoms with Crippen molar-refractivity contribution in [2.45, 2.75) is 26.3 Å². The SMILES string of the molecule is CCNC(=NCc1cc(Br)c2c(c1)OCO2)N1CCCC1. The van der Waals surface area contributed by atoms with Gasteiger partial charge in [-0.15, -0.1) is 0 Å². The van der Waals surface area contributed by atoms with E-state index in [4.69, 9.17) is 14.5 Å². The number of hydrogen-bond donors (Lipinski definition) is 1. The molecule has 2 aliphatic rings. The molecule has 114 valence electrons. The molecule has 6 heteroatoms. The van der Waals surface area contributed by atoms with Gasteiger partial charge in [-0.05, 0) is 53.4 Å². The minimum atomic E-state index is 0.289. The molecular formula is C15H20BrN3O2. The van der Waals surface area contributed by atoms with Gasteiger partial charge in [0.15, 0.2) is 17.5 Å². The van der Waals surface area contributed by atoms with Crippen LogP contribution in [0.15, 0.2) is 21.6 Å². The monoisotopic (exact) mass is 353 g/mol. The maximum Gasteiger partial charge on any atom is 0.231 e. The van der Waals surface area contributed by atoms with Crippen LogP contribution in [0.1, 0.15) is 25.3 Å². The van der Waals surface area contributed by atoms with Crippen molar-refractivity contribution in [2.24, 2.45) is 4.99 Å². The highest BCUT2D eigenvalue weighted by Crippen LogP contribution is 2.40. The zero-order valence-electron chi connectivity index (χ0n) is 12.2. The van der Waals surface area contributed by atoms with Gasteiger partial charge in [-0.25, -0.2) is 4.99 Å². The number of guanidine groups is 1. The first kappa shape index (κ1) is 14.5. The Kier molecular flexibility index (Phi) is 4.53. The van der Waals surface area contributed by atoms with Gasteiger partial charge in [0.1, 0.15) is 0 Å². The number of nitrogens with zero attached hydrogens (tertiary/aromatic N) is 2. The van der Waals surface area contributed by atoms with Crippen molar-refractivity contribution in [3.8, 4) is 11.5 Å². The Labute approximate surface area is 133 Å². The van der Waals surface area contributed by atoms with E-state index in [1.54, 1.807) is 0 Å². The Morgan fingerprint density at radius 1 is 1.33 bits per heavy atom. The molecule has 0 spiro atoms. The Bertz CT molecular complexity index is 542. The lowest BCUT2D eigenvalue weighted by atomic mass is 10.2. The van der Waals surface area contributed by atoms with Crippen molar-refractivity contribution >= 4 is 21.9 Å². The van der Waals surface area contributed by atoms with E-state index in [1.165, 1.54) is 12.8 Å². The molecule has 5 nitrogen and oxygen atoms in total. The molecule has 0 aliphatic carbocycles. The van der Waals surface area contributed by atoms with Crippen LogP contribution in [0.3, 0.4) is 0 Å². The molecule has 2 aliphatic heterocycles. The number of rotatable bonds is 3. The molecule has 1 N–H and O–H groups in total. The molecule has 0 atom stereocenters. The molecule has 1 aromatic rings. The second-order valence-electron chi connectivity index (χ2n) is 5.18. The average molecular weight is 354 g/mol. The first-order valence-corrected chi connectivity index (χ1v) is 8.18. The average Bonchev–Trinajstić information content (AvgIpc) is 3.14. The topological polar surface area (TPSA) is 46.1 Å². The fourth-order valence-electron chi connectivity index (χ4n) is 2.63. The van der Waals surface area contributed by atoms with Crippen molar-refractivity contribution in [2.75, 3.05) is 26.4 Å². The molecule has 0 aromatic heterocycles. The smallest absolute Gasteiger partial charge is 0.231 e. The van der Waals surface area contributed by atoms with E-state index in [0.717, 1.165) is 47.1 Å². The molecule has 2 heterocycles. The molecule has 1 saturated heterocycles. The van der Waals surface area contributed by atoms with Gasteiger partial charge in [-0.2, -0.15) is 0 Å². The highest BCUT2D eigenvalue weighted by molar-refractivity contribution is 9.10. The van der Waals surface area contributed by atoms with Crippen LogP contribution < -0.4 is 14.8 Å². The molecule has 0 bridgehead atoms. The van der Waals surface area contributed by atoms with Crippen LogP contribution in [0.5, 0.6) is 11.5 Å². The number of nitrogens with one attached hydrogen (secondary N) is 1. The van der Waals surface area contributed by atoms with Gasteiger partial charge in [0.05, 0.1) is 11.0 Å². The van der Waals surface area contributed by atoms with Gasteiger partial charge in [0, 0.05) is 19.6 Å². The van der Waals surface area contributed by atoms with Crippen LogP contribution in [-0.4, -0.2) is 37.3 Å². The predicted octanol–water partition coefficient (Wildman–Crippen LogP) is 2.74. The van der Waals surface area contributed by atoms with Gasteiger partial charge < -0.3 is 19.7 Å². The van der Waals surface area contributed by atoms with Crippen molar-refractivity contribution < 1.29 is 9.47 Å². The molecule has 1 aromatic carbocycles. The highest BCUT2D eigenvalue weighted by Gasteiger charge is 2.19. The summed E-state index contributed by atoms with van der Waals surface area (Å²) in [6.45, 7) is 6.10. The van der Waals surface area contributed by atoms with E-state index in [1.807, 2.05) is 12.1 Å². The van der Waals surface area contributed by atoms with E-state index in [-0.39, 0.29) is 6.79 Å². The molecule has 3 rings (SSSR count). The first-order valence-electron chi connectivity index (χ1n) is 7.39. The largest absolute Gasteiger partial charge is 0.454 e. The van der Waals surface area contributed by atoms with Crippen LogP contribution >= 0.6 is 15.9 Å². The standard InChI is InChI=1S/C15H20BrN3O2/c1-2-17-15(19-5-3-4-6-19)18-9-11-7-12(16)14-13(8-11)20-10-21-14/h7-8H,2-6,9-10H2,1H3,(H,17,18). The summed E-state index contributed by atoms with van der Waals surface area (Å²) in [5.74, 6) is 2.58. The number of benzene rings is 1. The second kappa shape index (κ2) is 6.56. The fourth-order valence-corrected chi connectivity index (χ4v) is 3.24. The zero-order valence-corrected chi connectivity index (χ0v) is 13.8. The molecule has 0 radical (unpaired) electrons. The van der Waals surface area contributed by atoms with E-state index in [2.05, 4.69) is 33.1 Å². The third-order valence-electron chi connectivity index (χ3n) is 3.64. The summed E-state index contributed by atoms with van der Waals surface area (Å²) in [7, 11) is 0. The summed E-state index contributed by atoms with van der Waals surface area (Å²) in [6, 6.07) is 4.05. The summed E-state index contributed by atoms with van der Waals surface area (Å²) >= 11 is 3.52. The normalized spacial score (nSPS) is 17.4. The lowest BCUT2D eigenvalue weighted by molar-refractivity contribution is 0.173. The summed E-state index contributed by atoms with van der Waals surface area (Å²) in [5, 5.41) is 3.37. The molecule has 0 saturated carbocycles. The van der Waals surface area contributed by atoms with Gasteiger partial charge in [-0.1, -0.05) is 0 Å². The predicted molar refractivity (Wildman–Crippen MR) is 85.9 cm³/mol. The number of hydrogen-bond acceptors (Lipinski definition) is 3. The van der Waals surface area contributed by atoms with E-state index >= 15 is 0 Å². The summed E-state index contributed by atoms with van der Waals surface area (Å²) in [5.41, 5.74) is 1.11. The summed E-state index contributed by atoms with van der Waals surface area (Å²) in [6.07, 6.45) is 2.50. The molecule has 1 fully saturated rings. The number of ether oxygens (including phenoxy) is 2. The van der Waals surface area contributed by atoms with Crippen LogP contribution in [0.25, 0.3) is 0 Å². The third kappa shape index (κ3) is 3.26. The minimum absolute atomic E-state index is 0.289. The van der Waals surface area contributed by atoms with Crippen LogP contribution in [0.2, 0.25) is 0 Å². The summed E-state index contributed by atoms with van der Waals surface area (Å²) < 4.78 is 11.8. The van der Waals surface area contributed by atoms with Crippen LogP contribution in [0.4, 0.5) is 0 Å². The van der Waals surface area contributed by atoms with E-state index < -0.39 is 0 Å². The van der Waals surface area contributed by atoms with Crippen molar-refractivity contribution in [3.05, 3.63) is 22.2 Å². The molecular weight excluding hydrogens is 334 g/mol. The second-order valence-corrected chi connectivity index (χ2v) is 6.03. The number of aliphatic imine (C=N–C) groups is 1. The van der Waals surface area contributed by atoms with E-state index in [0.29, 0.717) is 6.54 Å². The Morgan fingerprint density at radius 2 is 2.14 bits per heavy atom. The van der Waals surface area contributed by atoms with Gasteiger partial charge in [0.25, 0.3) is 0 Å². The zero-order chi connectivity index (χ0) is 14.7. The van der Waals surface area contributed by atoms with Crippen LogP contribution in [-0.2, 0) is 6.54 Å². The Morgan fingerprint density at radius 3 is 2.90 bits per heavy atom. The van der Waals surface area contributed by atoms with Gasteiger partial charge >= 0.3 is 0 Å². The number of likely N-dealkylation sites (tertiary alicyclic amines) is 1.